The van der Waals surface area contributed by atoms with E-state index in [1.165, 1.54) is 11.3 Å². The van der Waals surface area contributed by atoms with Gasteiger partial charge in [0.1, 0.15) is 0 Å². The number of carbonyl (C=O) groups is 1. The molecular formula is C9H6ClNOS. The second kappa shape index (κ2) is 3.01. The number of aldehydes is 1. The molecule has 1 aromatic carbocycles. The predicted molar refractivity (Wildman–Crippen MR) is 56.6 cm³/mol. The van der Waals surface area contributed by atoms with Crippen molar-refractivity contribution < 1.29 is 4.79 Å². The van der Waals surface area contributed by atoms with Gasteiger partial charge in [0.2, 0.25) is 0 Å². The first-order chi connectivity index (χ1) is 6.22. The minimum absolute atomic E-state index is 0.632. The molecule has 13 heavy (non-hydrogen) atoms. The van der Waals surface area contributed by atoms with Gasteiger partial charge in [-0.3, -0.25) is 4.79 Å². The van der Waals surface area contributed by atoms with Crippen molar-refractivity contribution in [2.24, 2.45) is 0 Å². The Morgan fingerprint density at radius 1 is 1.46 bits per heavy atom. The third-order valence-electron chi connectivity index (χ3n) is 1.84. The number of halogens is 1. The van der Waals surface area contributed by atoms with Gasteiger partial charge in [-0.2, -0.15) is 0 Å². The van der Waals surface area contributed by atoms with Gasteiger partial charge >= 0.3 is 0 Å². The molecule has 2 nitrogen and oxygen atoms in total. The Hall–Kier alpha value is -1.06. The van der Waals surface area contributed by atoms with Gasteiger partial charge in [0, 0.05) is 16.6 Å². The van der Waals surface area contributed by atoms with Crippen LogP contribution in [-0.2, 0) is 0 Å². The molecule has 4 heteroatoms. The first-order valence-corrected chi connectivity index (χ1v) is 4.84. The molecule has 2 rings (SSSR count). The number of nitrogen functional groups attached to an aromatic ring is 1. The number of hydrogen-bond acceptors (Lipinski definition) is 3. The lowest BCUT2D eigenvalue weighted by Crippen LogP contribution is -1.86. The van der Waals surface area contributed by atoms with E-state index >= 15 is 0 Å². The maximum Gasteiger partial charge on any atom is 0.150 e. The van der Waals surface area contributed by atoms with Crippen LogP contribution in [0.5, 0.6) is 0 Å². The van der Waals surface area contributed by atoms with Gasteiger partial charge < -0.3 is 5.73 Å². The zero-order valence-corrected chi connectivity index (χ0v) is 8.15. The van der Waals surface area contributed by atoms with E-state index in [4.69, 9.17) is 17.3 Å². The molecule has 0 aliphatic heterocycles. The van der Waals surface area contributed by atoms with Gasteiger partial charge in [0.25, 0.3) is 0 Å². The monoisotopic (exact) mass is 211 g/mol. The zero-order chi connectivity index (χ0) is 9.42. The van der Waals surface area contributed by atoms with Crippen LogP contribution in [0.25, 0.3) is 10.1 Å². The van der Waals surface area contributed by atoms with Gasteiger partial charge in [-0.1, -0.05) is 11.6 Å². The van der Waals surface area contributed by atoms with Crippen LogP contribution in [-0.4, -0.2) is 6.29 Å². The van der Waals surface area contributed by atoms with E-state index in [1.54, 1.807) is 18.2 Å². The maximum absolute atomic E-state index is 10.7. The van der Waals surface area contributed by atoms with Crippen LogP contribution < -0.4 is 5.73 Å². The highest BCUT2D eigenvalue weighted by atomic mass is 35.5. The smallest absolute Gasteiger partial charge is 0.150 e. The number of nitrogens with two attached hydrogens (primary N) is 1. The molecule has 1 heterocycles. The van der Waals surface area contributed by atoms with E-state index in [1.807, 2.05) is 0 Å². The predicted octanol–water partition coefficient (Wildman–Crippen LogP) is 2.95. The third-order valence-corrected chi connectivity index (χ3v) is 3.16. The Labute approximate surface area is 83.9 Å². The van der Waals surface area contributed by atoms with Crippen molar-refractivity contribution in [2.75, 3.05) is 5.73 Å². The average molecular weight is 212 g/mol. The minimum Gasteiger partial charge on any atom is -0.398 e. The highest BCUT2D eigenvalue weighted by Gasteiger charge is 2.06. The summed E-state index contributed by atoms with van der Waals surface area (Å²) < 4.78 is 1.53. The average Bonchev–Trinajstić information content (AvgIpc) is 2.48. The fraction of sp³-hybridized carbons (Fsp3) is 0. The van der Waals surface area contributed by atoms with Crippen LogP contribution in [0.4, 0.5) is 5.69 Å². The van der Waals surface area contributed by atoms with Crippen molar-refractivity contribution in [1.82, 2.24) is 0 Å². The van der Waals surface area contributed by atoms with Crippen LogP contribution in [0.1, 0.15) is 10.4 Å². The summed E-state index contributed by atoms with van der Waals surface area (Å²) in [5.41, 5.74) is 7.03. The molecule has 2 N–H and O–H groups in total. The summed E-state index contributed by atoms with van der Waals surface area (Å²) in [4.78, 5) is 10.7. The van der Waals surface area contributed by atoms with E-state index in [2.05, 4.69) is 0 Å². The van der Waals surface area contributed by atoms with Gasteiger partial charge in [0.05, 0.1) is 9.04 Å². The second-order valence-electron chi connectivity index (χ2n) is 2.66. The summed E-state index contributed by atoms with van der Waals surface area (Å²) in [7, 11) is 0. The van der Waals surface area contributed by atoms with Crippen molar-refractivity contribution in [3.63, 3.8) is 0 Å². The molecule has 66 valence electrons. The van der Waals surface area contributed by atoms with Gasteiger partial charge in [0.15, 0.2) is 6.29 Å². The Morgan fingerprint density at radius 2 is 2.23 bits per heavy atom. The first kappa shape index (κ1) is 8.53. The van der Waals surface area contributed by atoms with Gasteiger partial charge in [-0.15, -0.1) is 11.3 Å². The molecule has 2 aromatic rings. The van der Waals surface area contributed by atoms with Crippen molar-refractivity contribution in [2.45, 2.75) is 0 Å². The fourth-order valence-corrected chi connectivity index (χ4v) is 2.42. The summed E-state index contributed by atoms with van der Waals surface area (Å²) >= 11 is 7.22. The largest absolute Gasteiger partial charge is 0.398 e. The molecule has 0 spiro atoms. The van der Waals surface area contributed by atoms with E-state index in [0.717, 1.165) is 16.4 Å². The number of fused-ring (bicyclic) bond motifs is 1. The number of hydrogen-bond donors (Lipinski definition) is 1. The lowest BCUT2D eigenvalue weighted by Gasteiger charge is -1.96. The van der Waals surface area contributed by atoms with E-state index in [0.29, 0.717) is 15.6 Å². The molecule has 0 radical (unpaired) electrons. The summed E-state index contributed by atoms with van der Waals surface area (Å²) in [6.07, 6.45) is 0.810. The summed E-state index contributed by atoms with van der Waals surface area (Å²) in [5, 5.41) is 0.838. The molecule has 0 saturated heterocycles. The van der Waals surface area contributed by atoms with Crippen LogP contribution in [0.15, 0.2) is 18.2 Å². The van der Waals surface area contributed by atoms with Crippen LogP contribution >= 0.6 is 22.9 Å². The summed E-state index contributed by atoms with van der Waals surface area (Å²) in [6.45, 7) is 0. The second-order valence-corrected chi connectivity index (χ2v) is 4.34. The molecule has 0 aliphatic rings. The Kier molecular flexibility index (Phi) is 1.98. The molecule has 0 aliphatic carbocycles. The summed E-state index contributed by atoms with van der Waals surface area (Å²) in [5.74, 6) is 0. The maximum atomic E-state index is 10.7. The number of thiophene rings is 1. The Bertz CT molecular complexity index is 478. The first-order valence-electron chi connectivity index (χ1n) is 3.65. The van der Waals surface area contributed by atoms with Crippen molar-refractivity contribution in [3.8, 4) is 0 Å². The van der Waals surface area contributed by atoms with Gasteiger partial charge in [-0.25, -0.2) is 0 Å². The van der Waals surface area contributed by atoms with E-state index in [-0.39, 0.29) is 0 Å². The molecule has 0 fully saturated rings. The fourth-order valence-electron chi connectivity index (χ4n) is 1.24. The van der Waals surface area contributed by atoms with Crippen LogP contribution in [0.2, 0.25) is 4.34 Å². The van der Waals surface area contributed by atoms with Crippen molar-refractivity contribution in [3.05, 3.63) is 28.1 Å². The molecule has 0 bridgehead atoms. The lowest BCUT2D eigenvalue weighted by molar-refractivity contribution is 0.112. The number of anilines is 1. The van der Waals surface area contributed by atoms with Crippen LogP contribution in [0, 0.1) is 0 Å². The molecule has 0 unspecified atom stereocenters. The zero-order valence-electron chi connectivity index (χ0n) is 6.58. The minimum atomic E-state index is 0.632. The van der Waals surface area contributed by atoms with E-state index < -0.39 is 0 Å². The lowest BCUT2D eigenvalue weighted by atomic mass is 10.1. The Balaban J connectivity index is 2.91. The van der Waals surface area contributed by atoms with Crippen LogP contribution in [0.3, 0.4) is 0 Å². The summed E-state index contributed by atoms with van der Waals surface area (Å²) in [6, 6.07) is 5.19. The Morgan fingerprint density at radius 3 is 2.92 bits per heavy atom. The SMILES string of the molecule is Nc1ccc(C=O)c2cc(Cl)sc12. The molecule has 0 saturated carbocycles. The number of rotatable bonds is 1. The molecule has 0 atom stereocenters. The highest BCUT2D eigenvalue weighted by molar-refractivity contribution is 7.23. The van der Waals surface area contributed by atoms with E-state index in [9.17, 15) is 4.79 Å². The standard InChI is InChI=1S/C9H6ClNOS/c10-8-3-6-5(4-12)1-2-7(11)9(6)13-8/h1-4H,11H2. The number of carbonyl (C=O) groups excluding carboxylic acids is 1. The topological polar surface area (TPSA) is 43.1 Å². The molecular weight excluding hydrogens is 206 g/mol. The van der Waals surface area contributed by atoms with Crippen molar-refractivity contribution >= 4 is 45.0 Å². The quantitative estimate of drug-likeness (QED) is 0.582. The molecule has 1 aromatic heterocycles. The third kappa shape index (κ3) is 1.30. The van der Waals surface area contributed by atoms with Crippen molar-refractivity contribution in [1.29, 1.82) is 0 Å². The highest BCUT2D eigenvalue weighted by Crippen LogP contribution is 2.34. The van der Waals surface area contributed by atoms with Gasteiger partial charge in [-0.05, 0) is 18.2 Å². The normalized spacial score (nSPS) is 10.5. The molecule has 0 amide bonds. The number of benzene rings is 1.